The van der Waals surface area contributed by atoms with E-state index < -0.39 is 30.0 Å². The molecule has 1 aromatic rings. The Hall–Kier alpha value is -2.80. The second-order valence-corrected chi connectivity index (χ2v) is 7.42. The van der Waals surface area contributed by atoms with E-state index in [-0.39, 0.29) is 18.4 Å². The third kappa shape index (κ3) is 4.00. The summed E-state index contributed by atoms with van der Waals surface area (Å²) in [6, 6.07) is 5.28. The van der Waals surface area contributed by atoms with Crippen LogP contribution in [-0.4, -0.2) is 53.2 Å². The van der Waals surface area contributed by atoms with Gasteiger partial charge in [-0.25, -0.2) is 0 Å². The second-order valence-electron chi connectivity index (χ2n) is 7.42. The van der Waals surface area contributed by atoms with Gasteiger partial charge in [0.05, 0.1) is 35.4 Å². The van der Waals surface area contributed by atoms with Crippen LogP contribution < -0.4 is 5.32 Å². The molecule has 0 radical (unpaired) electrons. The average Bonchev–Trinajstić information content (AvgIpc) is 2.97. The van der Waals surface area contributed by atoms with Crippen LogP contribution in [0, 0.1) is 0 Å². The first kappa shape index (κ1) is 20.9. The maximum absolute atomic E-state index is 13.0. The standard InChI is InChI=1S/C22H26N2O5/c1-4-15(5-2)29-19-11-14(12-25)10-18(20(19)23-13(3)26)24-21(27)16-8-6-7-9-17(16)22(24)28/h6-9,11-12,15,18-20H,4-5,10H2,1-3H3,(H,23,26)/t18-,19+,20+/m0/s1. The summed E-state index contributed by atoms with van der Waals surface area (Å²) in [7, 11) is 0. The van der Waals surface area contributed by atoms with E-state index >= 15 is 0 Å². The Labute approximate surface area is 170 Å². The number of ether oxygens (including phenoxy) is 1. The van der Waals surface area contributed by atoms with E-state index in [1.54, 1.807) is 30.3 Å². The Morgan fingerprint density at radius 2 is 1.79 bits per heavy atom. The zero-order valence-electron chi connectivity index (χ0n) is 16.9. The Bertz CT molecular complexity index is 824. The van der Waals surface area contributed by atoms with Crippen molar-refractivity contribution < 1.29 is 23.9 Å². The molecule has 7 heteroatoms. The molecule has 0 spiro atoms. The summed E-state index contributed by atoms with van der Waals surface area (Å²) in [5.74, 6) is -1.13. The molecule has 1 heterocycles. The van der Waals surface area contributed by atoms with Gasteiger partial charge in [-0.15, -0.1) is 0 Å². The van der Waals surface area contributed by atoms with Crippen molar-refractivity contribution in [2.45, 2.75) is 64.3 Å². The summed E-state index contributed by atoms with van der Waals surface area (Å²) in [4.78, 5) is 50.7. The molecule has 1 aromatic carbocycles. The highest BCUT2D eigenvalue weighted by Gasteiger charge is 2.47. The first-order chi connectivity index (χ1) is 13.9. The Kier molecular flexibility index (Phi) is 6.27. The van der Waals surface area contributed by atoms with Crippen LogP contribution in [0.25, 0.3) is 0 Å². The van der Waals surface area contributed by atoms with Crippen LogP contribution in [-0.2, 0) is 14.3 Å². The van der Waals surface area contributed by atoms with Gasteiger partial charge in [-0.05, 0) is 43.0 Å². The fourth-order valence-electron chi connectivity index (χ4n) is 4.06. The number of carbonyl (C=O) groups excluding carboxylic acids is 4. The fraction of sp³-hybridized carbons (Fsp3) is 0.455. The third-order valence-corrected chi connectivity index (χ3v) is 5.53. The van der Waals surface area contributed by atoms with E-state index in [9.17, 15) is 19.2 Å². The predicted octanol–water partition coefficient (Wildman–Crippen LogP) is 2.26. The molecule has 0 unspecified atom stereocenters. The highest BCUT2D eigenvalue weighted by Crippen LogP contribution is 2.32. The van der Waals surface area contributed by atoms with E-state index in [4.69, 9.17) is 4.74 Å². The van der Waals surface area contributed by atoms with Crippen LogP contribution in [0.5, 0.6) is 0 Å². The predicted molar refractivity (Wildman–Crippen MR) is 106 cm³/mol. The number of benzene rings is 1. The van der Waals surface area contributed by atoms with E-state index in [1.165, 1.54) is 11.8 Å². The number of amides is 3. The van der Waals surface area contributed by atoms with Gasteiger partial charge in [0.25, 0.3) is 11.8 Å². The van der Waals surface area contributed by atoms with Gasteiger partial charge in [0, 0.05) is 6.92 Å². The fourth-order valence-corrected chi connectivity index (χ4v) is 4.06. The molecule has 29 heavy (non-hydrogen) atoms. The number of imide groups is 1. The number of hydrogen-bond donors (Lipinski definition) is 1. The minimum Gasteiger partial charge on any atom is -0.369 e. The lowest BCUT2D eigenvalue weighted by molar-refractivity contribution is -0.122. The van der Waals surface area contributed by atoms with Crippen molar-refractivity contribution in [2.24, 2.45) is 0 Å². The van der Waals surface area contributed by atoms with Crippen molar-refractivity contribution in [1.82, 2.24) is 10.2 Å². The molecule has 0 bridgehead atoms. The number of nitrogens with zero attached hydrogens (tertiary/aromatic N) is 1. The molecule has 1 aliphatic carbocycles. The summed E-state index contributed by atoms with van der Waals surface area (Å²) in [5, 5.41) is 2.85. The lowest BCUT2D eigenvalue weighted by Gasteiger charge is -2.41. The molecular formula is C22H26N2O5. The van der Waals surface area contributed by atoms with Crippen molar-refractivity contribution in [1.29, 1.82) is 0 Å². The normalized spacial score (nSPS) is 23.8. The van der Waals surface area contributed by atoms with Crippen LogP contribution in [0.4, 0.5) is 0 Å². The number of carbonyl (C=O) groups is 4. The maximum atomic E-state index is 13.0. The molecule has 3 rings (SSSR count). The Morgan fingerprint density at radius 3 is 2.28 bits per heavy atom. The monoisotopic (exact) mass is 398 g/mol. The number of hydrogen-bond acceptors (Lipinski definition) is 5. The van der Waals surface area contributed by atoms with Gasteiger partial charge in [-0.1, -0.05) is 26.0 Å². The molecule has 7 nitrogen and oxygen atoms in total. The number of aldehydes is 1. The topological polar surface area (TPSA) is 92.8 Å². The lowest BCUT2D eigenvalue weighted by atomic mass is 9.87. The zero-order chi connectivity index (χ0) is 21.1. The molecule has 3 amide bonds. The molecule has 3 atom stereocenters. The van der Waals surface area contributed by atoms with Gasteiger partial charge in [0.15, 0.2) is 0 Å². The highest BCUT2D eigenvalue weighted by atomic mass is 16.5. The average molecular weight is 398 g/mol. The summed E-state index contributed by atoms with van der Waals surface area (Å²) < 4.78 is 6.17. The summed E-state index contributed by atoms with van der Waals surface area (Å²) >= 11 is 0. The summed E-state index contributed by atoms with van der Waals surface area (Å²) in [6.45, 7) is 5.37. The lowest BCUT2D eigenvalue weighted by Crippen LogP contribution is -2.60. The quantitative estimate of drug-likeness (QED) is 0.562. The molecule has 154 valence electrons. The molecule has 1 N–H and O–H groups in total. The Balaban J connectivity index is 2.00. The third-order valence-electron chi connectivity index (χ3n) is 5.53. The van der Waals surface area contributed by atoms with Gasteiger partial charge in [-0.2, -0.15) is 0 Å². The van der Waals surface area contributed by atoms with Crippen LogP contribution in [0.3, 0.4) is 0 Å². The van der Waals surface area contributed by atoms with E-state index in [1.807, 2.05) is 13.8 Å². The van der Waals surface area contributed by atoms with Gasteiger partial charge in [0.1, 0.15) is 6.29 Å². The number of fused-ring (bicyclic) bond motifs is 1. The van der Waals surface area contributed by atoms with E-state index in [2.05, 4.69) is 5.32 Å². The molecule has 0 saturated heterocycles. The minimum absolute atomic E-state index is 0.0682. The molecular weight excluding hydrogens is 372 g/mol. The SMILES string of the molecule is CCC(CC)O[C@@H]1C=C(C=O)C[C@H](N2C(=O)c3ccccc3C2=O)[C@H]1NC(C)=O. The van der Waals surface area contributed by atoms with Crippen LogP contribution >= 0.6 is 0 Å². The largest absolute Gasteiger partial charge is 0.369 e. The van der Waals surface area contributed by atoms with Crippen LogP contribution in [0.1, 0.15) is 60.7 Å². The molecule has 1 aliphatic heterocycles. The van der Waals surface area contributed by atoms with Gasteiger partial charge in [-0.3, -0.25) is 24.1 Å². The molecule has 0 aromatic heterocycles. The highest BCUT2D eigenvalue weighted by molar-refractivity contribution is 6.21. The van der Waals surface area contributed by atoms with Gasteiger partial charge in [0.2, 0.25) is 5.91 Å². The van der Waals surface area contributed by atoms with Crippen LogP contribution in [0.15, 0.2) is 35.9 Å². The number of nitrogens with one attached hydrogen (secondary N) is 1. The van der Waals surface area contributed by atoms with E-state index in [0.29, 0.717) is 16.7 Å². The van der Waals surface area contributed by atoms with E-state index in [0.717, 1.165) is 19.1 Å². The second kappa shape index (κ2) is 8.69. The maximum Gasteiger partial charge on any atom is 0.261 e. The smallest absolute Gasteiger partial charge is 0.261 e. The Morgan fingerprint density at radius 1 is 1.21 bits per heavy atom. The zero-order valence-corrected chi connectivity index (χ0v) is 16.9. The van der Waals surface area contributed by atoms with Crippen molar-refractivity contribution in [2.75, 3.05) is 0 Å². The van der Waals surface area contributed by atoms with Crippen LogP contribution in [0.2, 0.25) is 0 Å². The van der Waals surface area contributed by atoms with Crippen molar-refractivity contribution in [3.8, 4) is 0 Å². The summed E-state index contributed by atoms with van der Waals surface area (Å²) in [5.41, 5.74) is 1.11. The van der Waals surface area contributed by atoms with Gasteiger partial charge >= 0.3 is 0 Å². The van der Waals surface area contributed by atoms with Crippen molar-refractivity contribution in [3.63, 3.8) is 0 Å². The first-order valence-corrected chi connectivity index (χ1v) is 9.96. The minimum atomic E-state index is -0.712. The summed E-state index contributed by atoms with van der Waals surface area (Å²) in [6.07, 6.45) is 3.43. The van der Waals surface area contributed by atoms with Crippen molar-refractivity contribution in [3.05, 3.63) is 47.0 Å². The molecule has 0 fully saturated rings. The van der Waals surface area contributed by atoms with Crippen molar-refractivity contribution >= 4 is 24.0 Å². The first-order valence-electron chi connectivity index (χ1n) is 9.96. The van der Waals surface area contributed by atoms with Gasteiger partial charge < -0.3 is 10.1 Å². The molecule has 0 saturated carbocycles. The number of rotatable bonds is 7. The molecule has 2 aliphatic rings.